The number of carbonyl (C=O) groups is 1. The number of aromatic hydroxyl groups is 2. The molecule has 5 heteroatoms. The van der Waals surface area contributed by atoms with Crippen LogP contribution in [0.25, 0.3) is 0 Å². The summed E-state index contributed by atoms with van der Waals surface area (Å²) in [7, 11) is 0. The fraction of sp³-hybridized carbons (Fsp3) is 0.278. The van der Waals surface area contributed by atoms with Gasteiger partial charge in [0.1, 0.15) is 22.9 Å². The van der Waals surface area contributed by atoms with Gasteiger partial charge in [0.25, 0.3) is 5.91 Å². The maximum atomic E-state index is 12.4. The van der Waals surface area contributed by atoms with Crippen molar-refractivity contribution in [2.45, 2.75) is 26.2 Å². The lowest BCUT2D eigenvalue weighted by Gasteiger charge is -2.13. The molecular formula is C18H21NO4. The zero-order valence-corrected chi connectivity index (χ0v) is 13.1. The minimum atomic E-state index is -0.451. The molecule has 0 aliphatic carbocycles. The summed E-state index contributed by atoms with van der Waals surface area (Å²) in [5.74, 6) is -0.358. The summed E-state index contributed by atoms with van der Waals surface area (Å²) in [6.45, 7) is 2.65. The number of para-hydroxylation sites is 2. The lowest BCUT2D eigenvalue weighted by Crippen LogP contribution is -2.14. The fourth-order valence-corrected chi connectivity index (χ4v) is 2.15. The van der Waals surface area contributed by atoms with Crippen LogP contribution in [0.15, 0.2) is 42.5 Å². The van der Waals surface area contributed by atoms with E-state index in [1.54, 1.807) is 24.3 Å². The van der Waals surface area contributed by atoms with Crippen molar-refractivity contribution in [1.29, 1.82) is 0 Å². The Balaban J connectivity index is 2.13. The van der Waals surface area contributed by atoms with Gasteiger partial charge in [0.2, 0.25) is 0 Å². The number of amides is 1. The van der Waals surface area contributed by atoms with Crippen molar-refractivity contribution in [3.05, 3.63) is 48.0 Å². The lowest BCUT2D eigenvalue weighted by atomic mass is 10.1. The van der Waals surface area contributed by atoms with E-state index in [1.807, 2.05) is 0 Å². The molecule has 122 valence electrons. The van der Waals surface area contributed by atoms with E-state index in [1.165, 1.54) is 18.2 Å². The maximum absolute atomic E-state index is 12.4. The number of unbranched alkanes of at least 4 members (excludes halogenated alkanes) is 2. The highest BCUT2D eigenvalue weighted by Gasteiger charge is 2.16. The topological polar surface area (TPSA) is 78.8 Å². The van der Waals surface area contributed by atoms with Crippen molar-refractivity contribution < 1.29 is 19.7 Å². The molecule has 2 aromatic rings. The van der Waals surface area contributed by atoms with Crippen LogP contribution in [0.3, 0.4) is 0 Å². The van der Waals surface area contributed by atoms with Crippen molar-refractivity contribution in [3.8, 4) is 17.2 Å². The van der Waals surface area contributed by atoms with Gasteiger partial charge in [0.05, 0.1) is 12.2 Å². The molecule has 0 aromatic heterocycles. The van der Waals surface area contributed by atoms with Crippen LogP contribution in [0.5, 0.6) is 17.2 Å². The van der Waals surface area contributed by atoms with E-state index in [0.29, 0.717) is 17.9 Å². The van der Waals surface area contributed by atoms with Crippen LogP contribution in [0, 0.1) is 0 Å². The van der Waals surface area contributed by atoms with Crippen LogP contribution >= 0.6 is 0 Å². The van der Waals surface area contributed by atoms with E-state index in [2.05, 4.69) is 12.2 Å². The Kier molecular flexibility index (Phi) is 5.86. The first-order chi connectivity index (χ1) is 11.1. The molecule has 0 aliphatic rings. The SMILES string of the molecule is CCCCCOc1ccccc1C(=O)Nc1c(O)cccc1O. The maximum Gasteiger partial charge on any atom is 0.259 e. The Labute approximate surface area is 135 Å². The van der Waals surface area contributed by atoms with Gasteiger partial charge in [-0.1, -0.05) is 38.0 Å². The Morgan fingerprint density at radius 3 is 2.43 bits per heavy atom. The van der Waals surface area contributed by atoms with Gasteiger partial charge in [-0.15, -0.1) is 0 Å². The molecule has 5 nitrogen and oxygen atoms in total. The van der Waals surface area contributed by atoms with Crippen LogP contribution in [0.1, 0.15) is 36.5 Å². The normalized spacial score (nSPS) is 10.3. The standard InChI is InChI=1S/C18H21NO4/c1-2-3-6-12-23-16-11-5-4-8-13(16)18(22)19-17-14(20)9-7-10-15(17)21/h4-5,7-11,20-21H,2-3,6,12H2,1H3,(H,19,22). The molecule has 1 amide bonds. The molecule has 0 aliphatic heterocycles. The second kappa shape index (κ2) is 8.08. The number of phenols is 2. The number of rotatable bonds is 7. The van der Waals surface area contributed by atoms with Crippen LogP contribution < -0.4 is 10.1 Å². The summed E-state index contributed by atoms with van der Waals surface area (Å²) in [5, 5.41) is 22.0. The van der Waals surface area contributed by atoms with E-state index >= 15 is 0 Å². The van der Waals surface area contributed by atoms with E-state index in [4.69, 9.17) is 4.74 Å². The number of hydrogen-bond donors (Lipinski definition) is 3. The highest BCUT2D eigenvalue weighted by atomic mass is 16.5. The van der Waals surface area contributed by atoms with Gasteiger partial charge >= 0.3 is 0 Å². The van der Waals surface area contributed by atoms with E-state index in [-0.39, 0.29) is 17.2 Å². The first-order valence-corrected chi connectivity index (χ1v) is 7.67. The zero-order chi connectivity index (χ0) is 16.7. The van der Waals surface area contributed by atoms with Crippen molar-refractivity contribution in [1.82, 2.24) is 0 Å². The number of benzene rings is 2. The van der Waals surface area contributed by atoms with E-state index in [9.17, 15) is 15.0 Å². The second-order valence-corrected chi connectivity index (χ2v) is 5.18. The quantitative estimate of drug-likeness (QED) is 0.534. The van der Waals surface area contributed by atoms with Gasteiger partial charge < -0.3 is 20.3 Å². The lowest BCUT2D eigenvalue weighted by molar-refractivity contribution is 0.102. The summed E-state index contributed by atoms with van der Waals surface area (Å²) in [4.78, 5) is 12.4. The highest BCUT2D eigenvalue weighted by Crippen LogP contribution is 2.33. The van der Waals surface area contributed by atoms with Gasteiger partial charge in [-0.05, 0) is 30.7 Å². The first-order valence-electron chi connectivity index (χ1n) is 7.67. The summed E-state index contributed by atoms with van der Waals surface area (Å²) in [6, 6.07) is 11.2. The molecule has 0 saturated heterocycles. The molecule has 0 spiro atoms. The molecule has 0 heterocycles. The number of ether oxygens (including phenoxy) is 1. The summed E-state index contributed by atoms with van der Waals surface area (Å²) in [6.07, 6.45) is 3.09. The van der Waals surface area contributed by atoms with Gasteiger partial charge in [0.15, 0.2) is 0 Å². The van der Waals surface area contributed by atoms with Crippen LogP contribution in [0.2, 0.25) is 0 Å². The van der Waals surface area contributed by atoms with E-state index in [0.717, 1.165) is 19.3 Å². The third-order valence-electron chi connectivity index (χ3n) is 3.40. The molecule has 0 fully saturated rings. The molecule has 2 aromatic carbocycles. The molecule has 0 saturated carbocycles. The second-order valence-electron chi connectivity index (χ2n) is 5.18. The number of nitrogens with one attached hydrogen (secondary N) is 1. The van der Waals surface area contributed by atoms with Crippen molar-refractivity contribution in [2.24, 2.45) is 0 Å². The monoisotopic (exact) mass is 315 g/mol. The number of hydrogen-bond acceptors (Lipinski definition) is 4. The Morgan fingerprint density at radius 1 is 1.04 bits per heavy atom. The molecule has 0 atom stereocenters. The van der Waals surface area contributed by atoms with Crippen molar-refractivity contribution >= 4 is 11.6 Å². The average molecular weight is 315 g/mol. The third-order valence-corrected chi connectivity index (χ3v) is 3.40. The molecule has 0 bridgehead atoms. The molecule has 0 unspecified atom stereocenters. The predicted octanol–water partition coefficient (Wildman–Crippen LogP) is 3.92. The summed E-state index contributed by atoms with van der Waals surface area (Å²) >= 11 is 0. The van der Waals surface area contributed by atoms with Crippen LogP contribution in [0.4, 0.5) is 5.69 Å². The van der Waals surface area contributed by atoms with Gasteiger partial charge in [-0.2, -0.15) is 0 Å². The summed E-state index contributed by atoms with van der Waals surface area (Å²) < 4.78 is 5.67. The fourth-order valence-electron chi connectivity index (χ4n) is 2.15. The number of carbonyl (C=O) groups excluding carboxylic acids is 1. The smallest absolute Gasteiger partial charge is 0.259 e. The van der Waals surface area contributed by atoms with E-state index < -0.39 is 5.91 Å². The van der Waals surface area contributed by atoms with Crippen molar-refractivity contribution in [2.75, 3.05) is 11.9 Å². The molecule has 0 radical (unpaired) electrons. The highest BCUT2D eigenvalue weighted by molar-refractivity contribution is 6.07. The minimum Gasteiger partial charge on any atom is -0.506 e. The minimum absolute atomic E-state index is 0.0155. The number of anilines is 1. The Hall–Kier alpha value is -2.69. The number of phenolic OH excluding ortho intramolecular Hbond substituents is 2. The predicted molar refractivity (Wildman–Crippen MR) is 89.2 cm³/mol. The largest absolute Gasteiger partial charge is 0.506 e. The molecular weight excluding hydrogens is 294 g/mol. The Bertz CT molecular complexity index is 650. The summed E-state index contributed by atoms with van der Waals surface area (Å²) in [5.41, 5.74) is 0.338. The first kappa shape index (κ1) is 16.7. The van der Waals surface area contributed by atoms with Gasteiger partial charge in [0, 0.05) is 0 Å². The molecule has 2 rings (SSSR count). The molecule has 3 N–H and O–H groups in total. The van der Waals surface area contributed by atoms with Crippen LogP contribution in [-0.2, 0) is 0 Å². The van der Waals surface area contributed by atoms with Gasteiger partial charge in [-0.25, -0.2) is 0 Å². The Morgan fingerprint density at radius 2 is 1.74 bits per heavy atom. The zero-order valence-electron chi connectivity index (χ0n) is 13.1. The van der Waals surface area contributed by atoms with Gasteiger partial charge in [-0.3, -0.25) is 4.79 Å². The third kappa shape index (κ3) is 4.39. The molecule has 23 heavy (non-hydrogen) atoms. The average Bonchev–Trinajstić information content (AvgIpc) is 2.55. The van der Waals surface area contributed by atoms with Crippen molar-refractivity contribution in [3.63, 3.8) is 0 Å². The van der Waals surface area contributed by atoms with Crippen LogP contribution in [-0.4, -0.2) is 22.7 Å².